The minimum Gasteiger partial charge on any atom is -0.352 e. The summed E-state index contributed by atoms with van der Waals surface area (Å²) in [6, 6.07) is 8.85. The van der Waals surface area contributed by atoms with Gasteiger partial charge in [0.1, 0.15) is 0 Å². The largest absolute Gasteiger partial charge is 0.352 e. The number of likely N-dealkylation sites (tertiary alicyclic amines) is 1. The molecule has 1 aliphatic rings. The van der Waals surface area contributed by atoms with Gasteiger partial charge < -0.3 is 20.4 Å². The molecule has 1 saturated heterocycles. The zero-order valence-corrected chi connectivity index (χ0v) is 18.6. The molecule has 1 fully saturated rings. The summed E-state index contributed by atoms with van der Waals surface area (Å²) >= 11 is 0. The molecular weight excluding hydrogens is 441 g/mol. The van der Waals surface area contributed by atoms with Gasteiger partial charge in [0.05, 0.1) is 0 Å². The summed E-state index contributed by atoms with van der Waals surface area (Å²) in [5.74, 6) is 1.01. The molecule has 146 valence electrons. The van der Waals surface area contributed by atoms with Crippen LogP contribution in [0.5, 0.6) is 0 Å². The summed E-state index contributed by atoms with van der Waals surface area (Å²) in [6.07, 6.45) is 1.54. The van der Waals surface area contributed by atoms with Gasteiger partial charge in [-0.1, -0.05) is 31.2 Å². The molecule has 1 aromatic carbocycles. The van der Waals surface area contributed by atoms with Crippen molar-refractivity contribution in [1.29, 1.82) is 0 Å². The average molecular weight is 473 g/mol. The van der Waals surface area contributed by atoms with E-state index in [4.69, 9.17) is 0 Å². The zero-order valence-electron chi connectivity index (χ0n) is 16.3. The van der Waals surface area contributed by atoms with Crippen molar-refractivity contribution in [3.05, 3.63) is 35.4 Å². The predicted octanol–water partition coefficient (Wildman–Crippen LogP) is 2.04. The van der Waals surface area contributed by atoms with E-state index in [1.165, 1.54) is 11.1 Å². The van der Waals surface area contributed by atoms with Gasteiger partial charge in [0.2, 0.25) is 5.91 Å². The molecule has 1 aromatic rings. The van der Waals surface area contributed by atoms with Gasteiger partial charge in [0.25, 0.3) is 0 Å². The highest BCUT2D eigenvalue weighted by Gasteiger charge is 2.25. The molecule has 7 heteroatoms. The molecule has 0 radical (unpaired) electrons. The molecule has 0 spiro atoms. The second-order valence-corrected chi connectivity index (χ2v) is 6.81. The van der Waals surface area contributed by atoms with Crippen LogP contribution in [0.1, 0.15) is 30.9 Å². The number of carbonyl (C=O) groups excluding carboxylic acids is 1. The van der Waals surface area contributed by atoms with Crippen LogP contribution in [-0.2, 0) is 17.9 Å². The second-order valence-electron chi connectivity index (χ2n) is 6.81. The number of rotatable bonds is 6. The van der Waals surface area contributed by atoms with E-state index in [-0.39, 0.29) is 35.9 Å². The minimum atomic E-state index is 0. The van der Waals surface area contributed by atoms with Crippen LogP contribution in [0, 0.1) is 0 Å². The van der Waals surface area contributed by atoms with Gasteiger partial charge in [-0.25, -0.2) is 0 Å². The Bertz CT molecular complexity index is 605. The van der Waals surface area contributed by atoms with Crippen molar-refractivity contribution in [3.63, 3.8) is 0 Å². The van der Waals surface area contributed by atoms with Gasteiger partial charge in [0, 0.05) is 45.7 Å². The molecule has 26 heavy (non-hydrogen) atoms. The zero-order chi connectivity index (χ0) is 18.2. The van der Waals surface area contributed by atoms with Crippen molar-refractivity contribution in [2.24, 2.45) is 4.99 Å². The summed E-state index contributed by atoms with van der Waals surface area (Å²) in [6.45, 7) is 5.16. The fraction of sp³-hybridized carbons (Fsp3) is 0.579. The maximum absolute atomic E-state index is 11.8. The maximum Gasteiger partial charge on any atom is 0.222 e. The van der Waals surface area contributed by atoms with Crippen LogP contribution in [0.25, 0.3) is 0 Å². The number of carbonyl (C=O) groups is 1. The molecule has 0 aliphatic carbocycles. The number of amides is 1. The lowest BCUT2D eigenvalue weighted by molar-refractivity contribution is -0.129. The summed E-state index contributed by atoms with van der Waals surface area (Å²) < 4.78 is 0. The van der Waals surface area contributed by atoms with Crippen molar-refractivity contribution < 1.29 is 4.79 Å². The molecule has 1 aliphatic heterocycles. The number of hydrogen-bond donors (Lipinski definition) is 2. The van der Waals surface area contributed by atoms with E-state index >= 15 is 0 Å². The topological polar surface area (TPSA) is 60.0 Å². The van der Waals surface area contributed by atoms with Crippen molar-refractivity contribution in [2.45, 2.75) is 38.9 Å². The molecule has 1 heterocycles. The number of nitrogens with one attached hydrogen (secondary N) is 2. The number of benzene rings is 1. The van der Waals surface area contributed by atoms with Crippen LogP contribution in [-0.4, -0.2) is 61.9 Å². The third-order valence-corrected chi connectivity index (χ3v) is 4.36. The first kappa shape index (κ1) is 22.7. The molecule has 0 bridgehead atoms. The molecule has 0 saturated carbocycles. The van der Waals surface area contributed by atoms with Crippen LogP contribution in [0.4, 0.5) is 0 Å². The lowest BCUT2D eigenvalue weighted by Gasteiger charge is -2.19. The lowest BCUT2D eigenvalue weighted by atomic mass is 10.1. The fourth-order valence-electron chi connectivity index (χ4n) is 3.11. The number of hydrogen-bond acceptors (Lipinski definition) is 3. The Labute approximate surface area is 174 Å². The Hall–Kier alpha value is -1.35. The Balaban J connectivity index is 0.00000338. The number of halogens is 1. The van der Waals surface area contributed by atoms with Gasteiger partial charge in [-0.3, -0.25) is 9.79 Å². The van der Waals surface area contributed by atoms with E-state index in [0.29, 0.717) is 6.42 Å². The van der Waals surface area contributed by atoms with Crippen LogP contribution in [0.3, 0.4) is 0 Å². The van der Waals surface area contributed by atoms with Gasteiger partial charge in [0.15, 0.2) is 5.96 Å². The smallest absolute Gasteiger partial charge is 0.222 e. The number of aliphatic imine (C=N–C) groups is 1. The summed E-state index contributed by atoms with van der Waals surface area (Å²) in [5, 5.41) is 6.80. The molecular formula is C19H32IN5O. The van der Waals surface area contributed by atoms with Gasteiger partial charge >= 0.3 is 0 Å². The maximum atomic E-state index is 11.8. The van der Waals surface area contributed by atoms with Crippen LogP contribution in [0.15, 0.2) is 29.3 Å². The Morgan fingerprint density at radius 2 is 2.08 bits per heavy atom. The molecule has 6 nitrogen and oxygen atoms in total. The predicted molar refractivity (Wildman–Crippen MR) is 118 cm³/mol. The standard InChI is InChI=1S/C19H31N5O.HI/c1-5-18(25)24-10-9-17(14-24)22-19(20-2)21-12-15-7-6-8-16(11-15)13-23(3)4;/h6-8,11,17H,5,9-10,12-14H2,1-4H3,(H2,20,21,22);1H. The normalized spacial score (nSPS) is 17.2. The highest BCUT2D eigenvalue weighted by molar-refractivity contribution is 14.0. The first-order chi connectivity index (χ1) is 12.0. The van der Waals surface area contributed by atoms with E-state index in [9.17, 15) is 4.79 Å². The first-order valence-corrected chi connectivity index (χ1v) is 8.99. The molecule has 0 aromatic heterocycles. The van der Waals surface area contributed by atoms with Crippen molar-refractivity contribution in [2.75, 3.05) is 34.2 Å². The Morgan fingerprint density at radius 3 is 2.73 bits per heavy atom. The summed E-state index contributed by atoms with van der Waals surface area (Å²) in [5.41, 5.74) is 2.54. The molecule has 1 atom stereocenters. The second kappa shape index (κ2) is 11.4. The van der Waals surface area contributed by atoms with Gasteiger partial charge in [-0.15, -0.1) is 24.0 Å². The molecule has 2 N–H and O–H groups in total. The average Bonchev–Trinajstić information content (AvgIpc) is 3.06. The van der Waals surface area contributed by atoms with Gasteiger partial charge in [-0.2, -0.15) is 0 Å². The highest BCUT2D eigenvalue weighted by Crippen LogP contribution is 2.11. The van der Waals surface area contributed by atoms with E-state index in [2.05, 4.69) is 58.9 Å². The summed E-state index contributed by atoms with van der Waals surface area (Å²) in [4.78, 5) is 20.2. The third kappa shape index (κ3) is 7.11. The SMILES string of the molecule is CCC(=O)N1CCC(NC(=NC)NCc2cccc(CN(C)C)c2)C1.I. The fourth-order valence-corrected chi connectivity index (χ4v) is 3.11. The lowest BCUT2D eigenvalue weighted by Crippen LogP contribution is -2.44. The monoisotopic (exact) mass is 473 g/mol. The summed E-state index contributed by atoms with van der Waals surface area (Å²) in [7, 11) is 5.93. The van der Waals surface area contributed by atoms with E-state index in [1.807, 2.05) is 11.8 Å². The minimum absolute atomic E-state index is 0. The van der Waals surface area contributed by atoms with Crippen molar-refractivity contribution >= 4 is 35.8 Å². The Kier molecular flexibility index (Phi) is 9.93. The Morgan fingerprint density at radius 1 is 1.35 bits per heavy atom. The number of nitrogens with zero attached hydrogens (tertiary/aromatic N) is 3. The quantitative estimate of drug-likeness (QED) is 0.377. The highest BCUT2D eigenvalue weighted by atomic mass is 127. The first-order valence-electron chi connectivity index (χ1n) is 8.99. The van der Waals surface area contributed by atoms with E-state index in [1.54, 1.807) is 7.05 Å². The molecule has 1 amide bonds. The van der Waals surface area contributed by atoms with Crippen LogP contribution in [0.2, 0.25) is 0 Å². The molecule has 1 unspecified atom stereocenters. The van der Waals surface area contributed by atoms with Crippen LogP contribution >= 0.6 is 24.0 Å². The number of guanidine groups is 1. The van der Waals surface area contributed by atoms with Crippen molar-refractivity contribution in [3.8, 4) is 0 Å². The molecule has 2 rings (SSSR count). The van der Waals surface area contributed by atoms with E-state index < -0.39 is 0 Å². The van der Waals surface area contributed by atoms with Crippen molar-refractivity contribution in [1.82, 2.24) is 20.4 Å². The van der Waals surface area contributed by atoms with Crippen LogP contribution < -0.4 is 10.6 Å². The van der Waals surface area contributed by atoms with Gasteiger partial charge in [-0.05, 0) is 31.6 Å². The van der Waals surface area contributed by atoms with E-state index in [0.717, 1.165) is 38.6 Å². The third-order valence-electron chi connectivity index (χ3n) is 4.36.